The number of aromatic nitrogens is 4. The Morgan fingerprint density at radius 1 is 1.19 bits per heavy atom. The molecule has 0 radical (unpaired) electrons. The maximum absolute atomic E-state index is 13.7. The third kappa shape index (κ3) is 4.75. The number of nitrogens with zero attached hydrogens (tertiary/aromatic N) is 3. The van der Waals surface area contributed by atoms with Crippen molar-refractivity contribution in [2.45, 2.75) is 12.1 Å². The van der Waals surface area contributed by atoms with Crippen LogP contribution in [0.4, 0.5) is 10.1 Å². The first kappa shape index (κ1) is 20.6. The number of nitrogens with one attached hydrogen (secondary N) is 2. The molecule has 0 unspecified atom stereocenters. The minimum Gasteiger partial charge on any atom is -0.494 e. The van der Waals surface area contributed by atoms with E-state index in [1.165, 1.54) is 22.7 Å². The first-order valence-corrected chi connectivity index (χ1v) is 10.4. The third-order valence-corrected chi connectivity index (χ3v) is 5.17. The fraction of sp³-hybridized carbons (Fsp3) is 0.143. The molecule has 0 bridgehead atoms. The number of halogens is 1. The Bertz CT molecular complexity index is 1290. The monoisotopic (exact) mass is 439 g/mol. The van der Waals surface area contributed by atoms with Gasteiger partial charge in [0.2, 0.25) is 5.91 Å². The van der Waals surface area contributed by atoms with Crippen molar-refractivity contribution in [2.24, 2.45) is 0 Å². The van der Waals surface area contributed by atoms with Crippen LogP contribution in [0.25, 0.3) is 17.0 Å². The number of anilines is 1. The fourth-order valence-electron chi connectivity index (χ4n) is 2.86. The molecule has 8 nitrogen and oxygen atoms in total. The van der Waals surface area contributed by atoms with E-state index in [1.54, 1.807) is 12.1 Å². The summed E-state index contributed by atoms with van der Waals surface area (Å²) in [6.07, 6.45) is 0. The van der Waals surface area contributed by atoms with Gasteiger partial charge in [0, 0.05) is 11.6 Å². The SMILES string of the molecule is CCOc1ccc(-c2nc(SCC(=O)Nc3ccccc3F)n3[nH]c(=O)cc3n2)cc1. The minimum absolute atomic E-state index is 0.0383. The van der Waals surface area contributed by atoms with Gasteiger partial charge < -0.3 is 10.1 Å². The number of benzene rings is 2. The normalized spacial score (nSPS) is 10.9. The van der Waals surface area contributed by atoms with Crippen LogP contribution in [-0.2, 0) is 4.79 Å². The number of aromatic amines is 1. The van der Waals surface area contributed by atoms with Crippen LogP contribution >= 0.6 is 11.8 Å². The maximum Gasteiger partial charge on any atom is 0.266 e. The Morgan fingerprint density at radius 3 is 2.71 bits per heavy atom. The van der Waals surface area contributed by atoms with E-state index in [2.05, 4.69) is 20.4 Å². The first-order chi connectivity index (χ1) is 15.0. The molecule has 2 aromatic carbocycles. The molecule has 31 heavy (non-hydrogen) atoms. The first-order valence-electron chi connectivity index (χ1n) is 9.43. The molecule has 158 valence electrons. The highest BCUT2D eigenvalue weighted by atomic mass is 32.2. The summed E-state index contributed by atoms with van der Waals surface area (Å²) in [6.45, 7) is 2.46. The zero-order chi connectivity index (χ0) is 21.8. The molecule has 0 saturated heterocycles. The lowest BCUT2D eigenvalue weighted by Gasteiger charge is -2.09. The number of rotatable bonds is 7. The van der Waals surface area contributed by atoms with E-state index in [0.717, 1.165) is 23.1 Å². The van der Waals surface area contributed by atoms with E-state index in [4.69, 9.17) is 4.74 Å². The summed E-state index contributed by atoms with van der Waals surface area (Å²) in [7, 11) is 0. The van der Waals surface area contributed by atoms with Gasteiger partial charge in [-0.1, -0.05) is 23.9 Å². The van der Waals surface area contributed by atoms with Crippen molar-refractivity contribution in [1.29, 1.82) is 0 Å². The molecular formula is C21H18FN5O3S. The molecule has 0 saturated carbocycles. The fourth-order valence-corrected chi connectivity index (χ4v) is 3.61. The van der Waals surface area contributed by atoms with E-state index in [1.807, 2.05) is 31.2 Å². The maximum atomic E-state index is 13.7. The summed E-state index contributed by atoms with van der Waals surface area (Å²) in [4.78, 5) is 33.1. The van der Waals surface area contributed by atoms with Crippen molar-refractivity contribution in [1.82, 2.24) is 19.6 Å². The highest BCUT2D eigenvalue weighted by molar-refractivity contribution is 7.99. The molecule has 0 atom stereocenters. The lowest BCUT2D eigenvalue weighted by Crippen LogP contribution is -2.16. The Balaban J connectivity index is 1.58. The Kier molecular flexibility index (Phi) is 5.99. The lowest BCUT2D eigenvalue weighted by atomic mass is 10.2. The smallest absolute Gasteiger partial charge is 0.266 e. The van der Waals surface area contributed by atoms with E-state index in [9.17, 15) is 14.0 Å². The highest BCUT2D eigenvalue weighted by Crippen LogP contribution is 2.24. The van der Waals surface area contributed by atoms with Gasteiger partial charge in [-0.3, -0.25) is 14.7 Å². The number of para-hydroxylation sites is 1. The standard InChI is InChI=1S/C21H18FN5O3S/c1-2-30-14-9-7-13(8-10-14)20-24-17-11-18(28)26-27(17)21(25-20)31-12-19(29)23-16-6-4-3-5-15(16)22/h3-11H,2,12H2,1H3,(H,23,29)(H,26,28). The van der Waals surface area contributed by atoms with Gasteiger partial charge in [0.05, 0.1) is 18.0 Å². The van der Waals surface area contributed by atoms with Crippen molar-refractivity contribution in [3.05, 3.63) is 70.8 Å². The largest absolute Gasteiger partial charge is 0.494 e. The van der Waals surface area contributed by atoms with Gasteiger partial charge in [-0.05, 0) is 43.3 Å². The summed E-state index contributed by atoms with van der Waals surface area (Å²) in [5, 5.41) is 5.52. The average molecular weight is 439 g/mol. The molecule has 10 heteroatoms. The zero-order valence-electron chi connectivity index (χ0n) is 16.5. The molecule has 0 spiro atoms. The summed E-state index contributed by atoms with van der Waals surface area (Å²) in [6, 6.07) is 14.5. The van der Waals surface area contributed by atoms with Crippen LogP contribution in [0.15, 0.2) is 64.5 Å². The number of ether oxygens (including phenoxy) is 1. The third-order valence-electron chi connectivity index (χ3n) is 4.23. The Labute approximate surface area is 180 Å². The average Bonchev–Trinajstić information content (AvgIpc) is 3.14. The van der Waals surface area contributed by atoms with E-state index in [0.29, 0.717) is 23.2 Å². The number of hydrogen-bond donors (Lipinski definition) is 2. The molecule has 4 rings (SSSR count). The molecule has 4 aromatic rings. The second kappa shape index (κ2) is 9.00. The van der Waals surface area contributed by atoms with E-state index in [-0.39, 0.29) is 17.0 Å². The molecule has 2 aromatic heterocycles. The van der Waals surface area contributed by atoms with Crippen molar-refractivity contribution in [2.75, 3.05) is 17.7 Å². The number of carbonyl (C=O) groups is 1. The van der Waals surface area contributed by atoms with Gasteiger partial charge in [-0.15, -0.1) is 0 Å². The number of H-pyrrole nitrogens is 1. The van der Waals surface area contributed by atoms with Crippen molar-refractivity contribution < 1.29 is 13.9 Å². The quantitative estimate of drug-likeness (QED) is 0.428. The second-order valence-electron chi connectivity index (χ2n) is 6.42. The summed E-state index contributed by atoms with van der Waals surface area (Å²) in [5.41, 5.74) is 0.874. The van der Waals surface area contributed by atoms with Gasteiger partial charge in [0.1, 0.15) is 11.6 Å². The van der Waals surface area contributed by atoms with Crippen molar-refractivity contribution in [3.8, 4) is 17.1 Å². The van der Waals surface area contributed by atoms with Crippen molar-refractivity contribution >= 4 is 29.0 Å². The molecule has 0 aliphatic carbocycles. The second-order valence-corrected chi connectivity index (χ2v) is 7.36. The number of thioether (sulfide) groups is 1. The molecular weight excluding hydrogens is 421 g/mol. The van der Waals surface area contributed by atoms with Gasteiger partial charge in [0.25, 0.3) is 5.56 Å². The topological polar surface area (TPSA) is 101 Å². The predicted octanol–water partition coefficient (Wildman–Crippen LogP) is 3.35. The van der Waals surface area contributed by atoms with Gasteiger partial charge in [-0.2, -0.15) is 0 Å². The Hall–Kier alpha value is -3.66. The van der Waals surface area contributed by atoms with Crippen molar-refractivity contribution in [3.63, 3.8) is 0 Å². The van der Waals surface area contributed by atoms with Crippen LogP contribution in [0.1, 0.15) is 6.92 Å². The summed E-state index contributed by atoms with van der Waals surface area (Å²) in [5.74, 6) is 0.170. The predicted molar refractivity (Wildman–Crippen MR) is 116 cm³/mol. The zero-order valence-corrected chi connectivity index (χ0v) is 17.3. The number of fused-ring (bicyclic) bond motifs is 1. The molecule has 0 aliphatic rings. The molecule has 1 amide bonds. The van der Waals surface area contributed by atoms with Crippen LogP contribution in [0.2, 0.25) is 0 Å². The van der Waals surface area contributed by atoms with Crippen LogP contribution in [0.5, 0.6) is 5.75 Å². The molecule has 2 N–H and O–H groups in total. The summed E-state index contributed by atoms with van der Waals surface area (Å²) < 4.78 is 20.6. The van der Waals surface area contributed by atoms with E-state index < -0.39 is 11.7 Å². The van der Waals surface area contributed by atoms with Gasteiger partial charge >= 0.3 is 0 Å². The Morgan fingerprint density at radius 2 is 1.97 bits per heavy atom. The van der Waals surface area contributed by atoms with Crippen LogP contribution in [0, 0.1) is 5.82 Å². The molecule has 0 fully saturated rings. The van der Waals surface area contributed by atoms with Gasteiger partial charge in [-0.25, -0.2) is 18.9 Å². The number of hydrogen-bond acceptors (Lipinski definition) is 6. The molecule has 2 heterocycles. The highest BCUT2D eigenvalue weighted by Gasteiger charge is 2.14. The number of carbonyl (C=O) groups excluding carboxylic acids is 1. The lowest BCUT2D eigenvalue weighted by molar-refractivity contribution is -0.113. The van der Waals surface area contributed by atoms with Crippen LogP contribution in [-0.4, -0.2) is 37.8 Å². The molecule has 0 aliphatic heterocycles. The minimum atomic E-state index is -0.516. The van der Waals surface area contributed by atoms with Crippen LogP contribution < -0.4 is 15.6 Å². The van der Waals surface area contributed by atoms with E-state index >= 15 is 0 Å². The number of amides is 1. The summed E-state index contributed by atoms with van der Waals surface area (Å²) >= 11 is 1.10. The van der Waals surface area contributed by atoms with Crippen LogP contribution in [0.3, 0.4) is 0 Å². The van der Waals surface area contributed by atoms with Gasteiger partial charge in [0.15, 0.2) is 16.6 Å².